The first kappa shape index (κ1) is 11.9. The summed E-state index contributed by atoms with van der Waals surface area (Å²) < 4.78 is 0. The van der Waals surface area contributed by atoms with E-state index in [4.69, 9.17) is 16.9 Å². The molecule has 1 amide bonds. The van der Waals surface area contributed by atoms with Crippen LogP contribution in [-0.4, -0.2) is 16.4 Å². The zero-order chi connectivity index (χ0) is 12.5. The molecule has 88 valence electrons. The van der Waals surface area contributed by atoms with Crippen molar-refractivity contribution < 1.29 is 4.79 Å². The van der Waals surface area contributed by atoms with Crippen LogP contribution in [0.3, 0.4) is 0 Å². The maximum Gasteiger partial charge on any atom is 0.255 e. The highest BCUT2D eigenvalue weighted by Gasteiger charge is 2.39. The fourth-order valence-electron chi connectivity index (χ4n) is 1.77. The maximum atomic E-state index is 12.0. The van der Waals surface area contributed by atoms with E-state index in [0.717, 1.165) is 12.1 Å². The molecular formula is C12H12ClN3O. The van der Waals surface area contributed by atoms with E-state index in [2.05, 4.69) is 16.4 Å². The topological polar surface area (TPSA) is 65.8 Å². The third-order valence-electron chi connectivity index (χ3n) is 3.01. The van der Waals surface area contributed by atoms with Gasteiger partial charge in [-0.15, -0.1) is 0 Å². The van der Waals surface area contributed by atoms with Gasteiger partial charge < -0.3 is 5.32 Å². The number of nitrogens with one attached hydrogen (secondary N) is 1. The van der Waals surface area contributed by atoms with Gasteiger partial charge in [0.05, 0.1) is 16.7 Å². The fraction of sp³-hybridized carbons (Fsp3) is 0.417. The Morgan fingerprint density at radius 1 is 1.65 bits per heavy atom. The highest BCUT2D eigenvalue weighted by atomic mass is 35.5. The van der Waals surface area contributed by atoms with Crippen molar-refractivity contribution in [2.75, 3.05) is 0 Å². The fourth-order valence-corrected chi connectivity index (χ4v) is 2.07. The van der Waals surface area contributed by atoms with Crippen molar-refractivity contribution in [1.82, 2.24) is 10.3 Å². The lowest BCUT2D eigenvalue weighted by atomic mass is 9.78. The van der Waals surface area contributed by atoms with E-state index in [9.17, 15) is 4.79 Å². The molecular weight excluding hydrogens is 238 g/mol. The van der Waals surface area contributed by atoms with E-state index in [-0.39, 0.29) is 5.91 Å². The molecule has 0 atom stereocenters. The molecule has 1 heterocycles. The predicted octanol–water partition coefficient (Wildman–Crippen LogP) is 2.22. The number of pyridine rings is 1. The average Bonchev–Trinajstić information content (AvgIpc) is 2.23. The number of hydrogen-bond acceptors (Lipinski definition) is 3. The van der Waals surface area contributed by atoms with Crippen LogP contribution >= 0.6 is 11.6 Å². The Hall–Kier alpha value is -1.60. The summed E-state index contributed by atoms with van der Waals surface area (Å²) in [7, 11) is 0. The smallest absolute Gasteiger partial charge is 0.255 e. The minimum absolute atomic E-state index is 0.318. The van der Waals surface area contributed by atoms with Gasteiger partial charge in [0, 0.05) is 11.9 Å². The lowest BCUT2D eigenvalue weighted by Crippen LogP contribution is -2.52. The van der Waals surface area contributed by atoms with E-state index in [1.54, 1.807) is 13.0 Å². The van der Waals surface area contributed by atoms with Crippen molar-refractivity contribution in [3.63, 3.8) is 0 Å². The molecule has 1 aromatic rings. The Labute approximate surface area is 105 Å². The van der Waals surface area contributed by atoms with Crippen LogP contribution in [-0.2, 0) is 0 Å². The maximum absolute atomic E-state index is 12.0. The first-order chi connectivity index (χ1) is 8.06. The summed E-state index contributed by atoms with van der Waals surface area (Å²) >= 11 is 5.97. The molecule has 5 heteroatoms. The average molecular weight is 250 g/mol. The number of rotatable bonds is 2. The first-order valence-corrected chi connectivity index (χ1v) is 5.80. The minimum atomic E-state index is -0.703. The number of aromatic nitrogens is 1. The molecule has 0 bridgehead atoms. The molecule has 1 saturated carbocycles. The largest absolute Gasteiger partial charge is 0.334 e. The van der Waals surface area contributed by atoms with Crippen molar-refractivity contribution in [2.24, 2.45) is 0 Å². The molecule has 0 unspecified atom stereocenters. The molecule has 1 aliphatic carbocycles. The highest BCUT2D eigenvalue weighted by Crippen LogP contribution is 2.31. The van der Waals surface area contributed by atoms with Crippen molar-refractivity contribution in [3.8, 4) is 6.07 Å². The van der Waals surface area contributed by atoms with E-state index in [1.807, 2.05) is 0 Å². The van der Waals surface area contributed by atoms with Crippen LogP contribution < -0.4 is 5.32 Å². The SMILES string of the molecule is Cc1cc(Cl)c(C(=O)NC2(C#N)CCC2)cn1. The molecule has 0 aromatic carbocycles. The van der Waals surface area contributed by atoms with Crippen LogP contribution in [0.15, 0.2) is 12.3 Å². The van der Waals surface area contributed by atoms with Crippen molar-refractivity contribution >= 4 is 17.5 Å². The molecule has 0 saturated heterocycles. The van der Waals surface area contributed by atoms with Gasteiger partial charge in [0.25, 0.3) is 5.91 Å². The summed E-state index contributed by atoms with van der Waals surface area (Å²) in [4.78, 5) is 16.0. The number of carbonyl (C=O) groups is 1. The summed E-state index contributed by atoms with van der Waals surface area (Å²) in [5.74, 6) is -0.330. The number of carbonyl (C=O) groups excluding carboxylic acids is 1. The third-order valence-corrected chi connectivity index (χ3v) is 3.32. The van der Waals surface area contributed by atoms with Gasteiger partial charge in [-0.05, 0) is 32.3 Å². The minimum Gasteiger partial charge on any atom is -0.334 e. The van der Waals surface area contributed by atoms with E-state index < -0.39 is 5.54 Å². The third kappa shape index (κ3) is 2.25. The molecule has 1 N–H and O–H groups in total. The summed E-state index contributed by atoms with van der Waals surface area (Å²) in [6, 6.07) is 3.79. The van der Waals surface area contributed by atoms with Crippen LogP contribution in [0.5, 0.6) is 0 Å². The summed E-state index contributed by atoms with van der Waals surface area (Å²) in [5.41, 5.74) is 0.370. The van der Waals surface area contributed by atoms with Crippen LogP contribution in [0.4, 0.5) is 0 Å². The van der Waals surface area contributed by atoms with E-state index in [0.29, 0.717) is 23.4 Å². The van der Waals surface area contributed by atoms with Gasteiger partial charge in [0.15, 0.2) is 0 Å². The monoisotopic (exact) mass is 249 g/mol. The lowest BCUT2D eigenvalue weighted by molar-refractivity contribution is 0.0881. The standard InChI is InChI=1S/C12H12ClN3O/c1-8-5-10(13)9(6-15-8)11(17)16-12(7-14)3-2-4-12/h5-6H,2-4H2,1H3,(H,16,17). The molecule has 1 aromatic heterocycles. The second-order valence-corrected chi connectivity index (χ2v) is 4.71. The van der Waals surface area contributed by atoms with Crippen molar-refractivity contribution in [1.29, 1.82) is 5.26 Å². The Morgan fingerprint density at radius 2 is 2.35 bits per heavy atom. The van der Waals surface area contributed by atoms with Gasteiger partial charge in [-0.1, -0.05) is 11.6 Å². The van der Waals surface area contributed by atoms with Gasteiger partial charge in [-0.2, -0.15) is 5.26 Å². The van der Waals surface area contributed by atoms with Crippen LogP contribution in [0.2, 0.25) is 5.02 Å². The number of halogens is 1. The number of amides is 1. The zero-order valence-electron chi connectivity index (χ0n) is 9.46. The second kappa shape index (κ2) is 4.34. The van der Waals surface area contributed by atoms with Crippen molar-refractivity contribution in [2.45, 2.75) is 31.7 Å². The number of nitrogens with zero attached hydrogens (tertiary/aromatic N) is 2. The Balaban J connectivity index is 2.18. The quantitative estimate of drug-likeness (QED) is 0.874. The number of hydrogen-bond donors (Lipinski definition) is 1. The van der Waals surface area contributed by atoms with Gasteiger partial charge >= 0.3 is 0 Å². The lowest BCUT2D eigenvalue weighted by Gasteiger charge is -2.35. The van der Waals surface area contributed by atoms with Crippen molar-refractivity contribution in [3.05, 3.63) is 28.5 Å². The Morgan fingerprint density at radius 3 is 2.82 bits per heavy atom. The first-order valence-electron chi connectivity index (χ1n) is 5.42. The molecule has 1 aliphatic rings. The molecule has 4 nitrogen and oxygen atoms in total. The molecule has 0 aliphatic heterocycles. The zero-order valence-corrected chi connectivity index (χ0v) is 10.2. The van der Waals surface area contributed by atoms with E-state index >= 15 is 0 Å². The molecule has 17 heavy (non-hydrogen) atoms. The number of aryl methyl sites for hydroxylation is 1. The van der Waals surface area contributed by atoms with Gasteiger partial charge in [0.1, 0.15) is 5.54 Å². The van der Waals surface area contributed by atoms with Crippen LogP contribution in [0, 0.1) is 18.3 Å². The Kier molecular flexibility index (Phi) is 3.03. The predicted molar refractivity (Wildman–Crippen MR) is 63.6 cm³/mol. The van der Waals surface area contributed by atoms with Gasteiger partial charge in [-0.25, -0.2) is 0 Å². The Bertz CT molecular complexity index is 503. The summed E-state index contributed by atoms with van der Waals surface area (Å²) in [6.45, 7) is 1.80. The normalized spacial score (nSPS) is 16.8. The van der Waals surface area contributed by atoms with Crippen LogP contribution in [0.25, 0.3) is 0 Å². The highest BCUT2D eigenvalue weighted by molar-refractivity contribution is 6.33. The number of nitriles is 1. The summed E-state index contributed by atoms with van der Waals surface area (Å²) in [6.07, 6.45) is 3.81. The molecule has 0 spiro atoms. The van der Waals surface area contributed by atoms with Crippen LogP contribution in [0.1, 0.15) is 35.3 Å². The van der Waals surface area contributed by atoms with E-state index in [1.165, 1.54) is 6.20 Å². The molecule has 2 rings (SSSR count). The second-order valence-electron chi connectivity index (χ2n) is 4.31. The summed E-state index contributed by atoms with van der Waals surface area (Å²) in [5, 5.41) is 12.1. The molecule has 0 radical (unpaired) electrons. The van der Waals surface area contributed by atoms with Gasteiger partial charge in [-0.3, -0.25) is 9.78 Å². The van der Waals surface area contributed by atoms with Gasteiger partial charge in [0.2, 0.25) is 0 Å². The molecule has 1 fully saturated rings.